The highest BCUT2D eigenvalue weighted by molar-refractivity contribution is 5.70. The summed E-state index contributed by atoms with van der Waals surface area (Å²) in [6.45, 7) is 0. The van der Waals surface area contributed by atoms with Crippen molar-refractivity contribution in [2.45, 2.75) is 6.18 Å². The van der Waals surface area contributed by atoms with E-state index in [4.69, 9.17) is 0 Å². The number of anilines is 2. The van der Waals surface area contributed by atoms with E-state index in [1.807, 2.05) is 0 Å². The van der Waals surface area contributed by atoms with Crippen molar-refractivity contribution in [2.75, 3.05) is 5.32 Å². The first-order valence-corrected chi connectivity index (χ1v) is 6.53. The minimum atomic E-state index is -4.51. The molecule has 0 aliphatic rings. The summed E-state index contributed by atoms with van der Waals surface area (Å²) in [6.07, 6.45) is -1.91. The van der Waals surface area contributed by atoms with Crippen LogP contribution in [0.1, 0.15) is 5.56 Å². The van der Waals surface area contributed by atoms with Crippen LogP contribution in [0.15, 0.2) is 55.1 Å². The van der Waals surface area contributed by atoms with E-state index in [0.717, 1.165) is 12.1 Å². The molecule has 2 aromatic carbocycles. The molecular weight excluding hydrogens is 312 g/mol. The Morgan fingerprint density at radius 2 is 1.78 bits per heavy atom. The van der Waals surface area contributed by atoms with E-state index >= 15 is 0 Å². The van der Waals surface area contributed by atoms with Crippen LogP contribution >= 0.6 is 0 Å². The van der Waals surface area contributed by atoms with Gasteiger partial charge in [0.2, 0.25) is 0 Å². The van der Waals surface area contributed by atoms with Crippen LogP contribution in [-0.4, -0.2) is 14.8 Å². The van der Waals surface area contributed by atoms with Gasteiger partial charge in [0, 0.05) is 0 Å². The fourth-order valence-corrected chi connectivity index (χ4v) is 2.05. The van der Waals surface area contributed by atoms with Gasteiger partial charge in [0.1, 0.15) is 18.5 Å². The molecule has 118 valence electrons. The normalized spacial score (nSPS) is 11.5. The van der Waals surface area contributed by atoms with Crippen LogP contribution in [-0.2, 0) is 6.18 Å². The third-order valence-corrected chi connectivity index (χ3v) is 3.13. The lowest BCUT2D eigenvalue weighted by Gasteiger charge is -2.15. The first-order valence-electron chi connectivity index (χ1n) is 6.53. The predicted molar refractivity (Wildman–Crippen MR) is 76.0 cm³/mol. The molecule has 0 fully saturated rings. The molecule has 3 rings (SSSR count). The summed E-state index contributed by atoms with van der Waals surface area (Å²) in [7, 11) is 0. The quantitative estimate of drug-likeness (QED) is 0.736. The summed E-state index contributed by atoms with van der Waals surface area (Å²) in [5.41, 5.74) is -0.400. The largest absolute Gasteiger partial charge is 0.416 e. The molecule has 0 amide bonds. The molecule has 8 heteroatoms. The van der Waals surface area contributed by atoms with Crippen LogP contribution in [0.3, 0.4) is 0 Å². The molecule has 0 aliphatic heterocycles. The summed E-state index contributed by atoms with van der Waals surface area (Å²) < 4.78 is 53.8. The van der Waals surface area contributed by atoms with Gasteiger partial charge >= 0.3 is 6.18 Å². The summed E-state index contributed by atoms with van der Waals surface area (Å²) in [4.78, 5) is 3.76. The fourth-order valence-electron chi connectivity index (χ4n) is 2.05. The van der Waals surface area contributed by atoms with Crippen molar-refractivity contribution < 1.29 is 17.6 Å². The van der Waals surface area contributed by atoms with Crippen LogP contribution < -0.4 is 5.32 Å². The van der Waals surface area contributed by atoms with Crippen molar-refractivity contribution in [3.05, 3.63) is 66.5 Å². The third-order valence-electron chi connectivity index (χ3n) is 3.13. The van der Waals surface area contributed by atoms with E-state index in [0.29, 0.717) is 5.69 Å². The third kappa shape index (κ3) is 3.15. The maximum atomic E-state index is 13.8. The molecule has 3 aromatic rings. The Hall–Kier alpha value is -2.90. The zero-order valence-corrected chi connectivity index (χ0v) is 11.5. The molecule has 0 saturated carbocycles. The topological polar surface area (TPSA) is 42.7 Å². The molecule has 23 heavy (non-hydrogen) atoms. The molecule has 0 aliphatic carbocycles. The Labute approximate surface area is 128 Å². The van der Waals surface area contributed by atoms with E-state index in [1.54, 1.807) is 6.07 Å². The minimum Gasteiger partial charge on any atom is -0.351 e. The van der Waals surface area contributed by atoms with E-state index in [2.05, 4.69) is 15.4 Å². The lowest BCUT2D eigenvalue weighted by atomic mass is 10.1. The second-order valence-corrected chi connectivity index (χ2v) is 4.67. The first-order chi connectivity index (χ1) is 10.9. The maximum absolute atomic E-state index is 13.8. The molecule has 4 nitrogen and oxygen atoms in total. The van der Waals surface area contributed by atoms with Crippen LogP contribution in [0.4, 0.5) is 28.9 Å². The summed E-state index contributed by atoms with van der Waals surface area (Å²) in [5, 5.41) is 6.57. The van der Waals surface area contributed by atoms with Gasteiger partial charge in [0.15, 0.2) is 0 Å². The zero-order valence-electron chi connectivity index (χ0n) is 11.5. The van der Waals surface area contributed by atoms with E-state index in [9.17, 15) is 17.6 Å². The van der Waals surface area contributed by atoms with Crippen molar-refractivity contribution in [1.29, 1.82) is 0 Å². The molecule has 0 bridgehead atoms. The smallest absolute Gasteiger partial charge is 0.351 e. The van der Waals surface area contributed by atoms with Gasteiger partial charge in [-0.3, -0.25) is 0 Å². The van der Waals surface area contributed by atoms with Crippen molar-refractivity contribution >= 4 is 11.4 Å². The molecule has 0 atom stereocenters. The monoisotopic (exact) mass is 322 g/mol. The highest BCUT2D eigenvalue weighted by Crippen LogP contribution is 2.34. The second-order valence-electron chi connectivity index (χ2n) is 4.67. The first kappa shape index (κ1) is 15.0. The van der Waals surface area contributed by atoms with Gasteiger partial charge in [0.25, 0.3) is 0 Å². The zero-order chi connectivity index (χ0) is 16.4. The maximum Gasteiger partial charge on any atom is 0.416 e. The van der Waals surface area contributed by atoms with Crippen LogP contribution in [0, 0.1) is 5.82 Å². The summed E-state index contributed by atoms with van der Waals surface area (Å²) in [5.74, 6) is -0.575. The molecule has 0 saturated heterocycles. The second kappa shape index (κ2) is 5.71. The van der Waals surface area contributed by atoms with Crippen molar-refractivity contribution in [2.24, 2.45) is 0 Å². The van der Waals surface area contributed by atoms with Gasteiger partial charge in [-0.25, -0.2) is 14.1 Å². The van der Waals surface area contributed by atoms with E-state index in [1.165, 1.54) is 41.6 Å². The predicted octanol–water partition coefficient (Wildman–Crippen LogP) is 4.17. The molecule has 1 N–H and O–H groups in total. The van der Waals surface area contributed by atoms with Crippen LogP contribution in [0.5, 0.6) is 0 Å². The number of nitrogens with zero attached hydrogens (tertiary/aromatic N) is 3. The number of aromatic nitrogens is 3. The average molecular weight is 322 g/mol. The van der Waals surface area contributed by atoms with E-state index < -0.39 is 17.6 Å². The van der Waals surface area contributed by atoms with Gasteiger partial charge in [0.05, 0.1) is 22.6 Å². The number of para-hydroxylation sites is 1. The number of hydrogen-bond acceptors (Lipinski definition) is 3. The Morgan fingerprint density at radius 3 is 2.43 bits per heavy atom. The Kier molecular flexibility index (Phi) is 3.73. The molecule has 0 spiro atoms. The number of hydrogen-bond donors (Lipinski definition) is 1. The standard InChI is InChI=1S/C15H10F4N4/c16-11-3-1-2-4-12(11)22-13-7-10(15(17,18)19)5-6-14(13)23-9-20-8-21-23/h1-9,22H. The lowest BCUT2D eigenvalue weighted by molar-refractivity contribution is -0.137. The Bertz CT molecular complexity index is 813. The van der Waals surface area contributed by atoms with Crippen LogP contribution in [0.2, 0.25) is 0 Å². The minimum absolute atomic E-state index is 0.0631. The highest BCUT2D eigenvalue weighted by Gasteiger charge is 2.31. The number of benzene rings is 2. The SMILES string of the molecule is Fc1ccccc1Nc1cc(C(F)(F)F)ccc1-n1cncn1. The molecule has 0 unspecified atom stereocenters. The average Bonchev–Trinajstić information content (AvgIpc) is 3.03. The highest BCUT2D eigenvalue weighted by atomic mass is 19.4. The molecule has 0 radical (unpaired) electrons. The molecule has 1 heterocycles. The van der Waals surface area contributed by atoms with Gasteiger partial charge in [-0.1, -0.05) is 12.1 Å². The lowest BCUT2D eigenvalue weighted by Crippen LogP contribution is -2.08. The Morgan fingerprint density at radius 1 is 1.00 bits per heavy atom. The van der Waals surface area contributed by atoms with Gasteiger partial charge < -0.3 is 5.32 Å². The Balaban J connectivity index is 2.09. The van der Waals surface area contributed by atoms with Crippen molar-refractivity contribution in [3.63, 3.8) is 0 Å². The fraction of sp³-hybridized carbons (Fsp3) is 0.0667. The van der Waals surface area contributed by atoms with Gasteiger partial charge in [-0.2, -0.15) is 18.3 Å². The number of alkyl halides is 3. The van der Waals surface area contributed by atoms with Crippen molar-refractivity contribution in [1.82, 2.24) is 14.8 Å². The van der Waals surface area contributed by atoms with Gasteiger partial charge in [-0.15, -0.1) is 0 Å². The summed E-state index contributed by atoms with van der Waals surface area (Å²) >= 11 is 0. The van der Waals surface area contributed by atoms with Crippen LogP contribution in [0.25, 0.3) is 5.69 Å². The number of rotatable bonds is 3. The van der Waals surface area contributed by atoms with E-state index in [-0.39, 0.29) is 11.4 Å². The number of nitrogens with one attached hydrogen (secondary N) is 1. The molecule has 1 aromatic heterocycles. The van der Waals surface area contributed by atoms with Gasteiger partial charge in [-0.05, 0) is 30.3 Å². The number of halogens is 4. The molecular formula is C15H10F4N4. The van der Waals surface area contributed by atoms with Crippen molar-refractivity contribution in [3.8, 4) is 5.69 Å². The summed E-state index contributed by atoms with van der Waals surface area (Å²) in [6, 6.07) is 8.80.